The van der Waals surface area contributed by atoms with Crippen LogP contribution in [0.2, 0.25) is 18.1 Å². The maximum atomic E-state index is 13.1. The number of aryl methyl sites for hydroxylation is 2. The van der Waals surface area contributed by atoms with Crippen LogP contribution in [0.25, 0.3) is 33.1 Å². The minimum absolute atomic E-state index is 0.0189. The second-order valence-electron chi connectivity index (χ2n) is 19.0. The van der Waals surface area contributed by atoms with Gasteiger partial charge < -0.3 is 34.3 Å². The van der Waals surface area contributed by atoms with Crippen LogP contribution in [0.1, 0.15) is 69.2 Å². The highest BCUT2D eigenvalue weighted by atomic mass is 28.4. The van der Waals surface area contributed by atoms with E-state index in [9.17, 15) is 24.6 Å². The average Bonchev–Trinajstić information content (AvgIpc) is 3.57. The largest absolute Gasteiger partial charge is 0.506 e. The molecule has 0 aliphatic carbocycles. The molecule has 12 nitrogen and oxygen atoms in total. The lowest BCUT2D eigenvalue weighted by molar-refractivity contribution is 0.0837. The molecule has 1 unspecified atom stereocenters. The van der Waals surface area contributed by atoms with Crippen LogP contribution in [-0.4, -0.2) is 77.8 Å². The first-order valence-corrected chi connectivity index (χ1v) is 25.4. The van der Waals surface area contributed by atoms with Gasteiger partial charge in [0, 0.05) is 36.7 Å². The van der Waals surface area contributed by atoms with Crippen LogP contribution in [0.15, 0.2) is 105 Å². The molecule has 2 atom stereocenters. The van der Waals surface area contributed by atoms with E-state index in [0.29, 0.717) is 43.1 Å². The Morgan fingerprint density at radius 2 is 1.70 bits per heavy atom. The minimum atomic E-state index is -2.22. The van der Waals surface area contributed by atoms with Crippen molar-refractivity contribution in [3.8, 4) is 16.9 Å². The molecule has 2 bridgehead atoms. The molecule has 9 rings (SSSR count). The number of aromatic hydroxyl groups is 1. The number of aromatic amines is 1. The second-order valence-corrected chi connectivity index (χ2v) is 23.7. The standard InChI is InChI=1S/C50H61N5O7Si/c1-50(2,3)63(4,5)62-45(38-17-20-43(56)47-39(38)18-21-46(57)52-47)31-51-25-22-34-15-19-40-44(30-34)61-49(60)54(40)26-10-9-11-33-14-16-37(35-12-7-6-8-13-35)41(29-33)55(48(58)59)42-32-53-27-23-36(42)24-28-53/h6-8,12-21,29-30,36,42,45,51,56H,9-11,22-28,31-32H2,1-5H3,(H,52,57)(H,58,59)/t42?,45-/m0/s1. The van der Waals surface area contributed by atoms with E-state index in [2.05, 4.69) is 67.3 Å². The van der Waals surface area contributed by atoms with Crippen LogP contribution >= 0.6 is 0 Å². The number of aromatic nitrogens is 2. The number of phenolic OH excluding ortho intramolecular Hbond substituents is 1. The summed E-state index contributed by atoms with van der Waals surface area (Å²) in [5.74, 6) is -0.00286. The molecule has 13 heteroatoms. The van der Waals surface area contributed by atoms with Crippen molar-refractivity contribution < 1.29 is 23.9 Å². The Kier molecular flexibility index (Phi) is 12.8. The molecule has 332 valence electrons. The van der Waals surface area contributed by atoms with Gasteiger partial charge in [-0.1, -0.05) is 75.4 Å². The van der Waals surface area contributed by atoms with E-state index in [1.165, 1.54) is 6.07 Å². The molecule has 1 amide bonds. The van der Waals surface area contributed by atoms with Crippen molar-refractivity contribution in [2.45, 2.75) is 96.1 Å². The van der Waals surface area contributed by atoms with E-state index >= 15 is 0 Å². The number of carbonyl (C=O) groups is 1. The normalized spacial score (nSPS) is 18.3. The molecular weight excluding hydrogens is 811 g/mol. The van der Waals surface area contributed by atoms with Gasteiger partial charge in [0.05, 0.1) is 28.9 Å². The fraction of sp³-hybridized carbons (Fsp3) is 0.420. The Labute approximate surface area is 369 Å². The molecule has 5 heterocycles. The Hall–Kier alpha value is -5.47. The number of amides is 1. The van der Waals surface area contributed by atoms with Crippen LogP contribution in [0, 0.1) is 5.92 Å². The lowest BCUT2D eigenvalue weighted by atomic mass is 9.82. The fourth-order valence-corrected chi connectivity index (χ4v) is 10.5. The maximum Gasteiger partial charge on any atom is 0.419 e. The zero-order chi connectivity index (χ0) is 44.5. The van der Waals surface area contributed by atoms with Gasteiger partial charge in [0.1, 0.15) is 5.75 Å². The molecule has 2 aromatic heterocycles. The molecule has 0 saturated carbocycles. The lowest BCUT2D eigenvalue weighted by Crippen LogP contribution is -2.59. The summed E-state index contributed by atoms with van der Waals surface area (Å²) in [4.78, 5) is 45.1. The highest BCUT2D eigenvalue weighted by Crippen LogP contribution is 2.42. The zero-order valence-corrected chi connectivity index (χ0v) is 38.2. The van der Waals surface area contributed by atoms with Crippen molar-refractivity contribution in [2.24, 2.45) is 5.92 Å². The minimum Gasteiger partial charge on any atom is -0.506 e. The van der Waals surface area contributed by atoms with Gasteiger partial charge in [0.2, 0.25) is 5.56 Å². The van der Waals surface area contributed by atoms with E-state index < -0.39 is 14.4 Å². The molecule has 0 radical (unpaired) electrons. The molecule has 6 aromatic rings. The first kappa shape index (κ1) is 44.1. The summed E-state index contributed by atoms with van der Waals surface area (Å²) < 4.78 is 14.4. The van der Waals surface area contributed by atoms with Gasteiger partial charge in [-0.25, -0.2) is 9.59 Å². The molecule has 4 aromatic carbocycles. The van der Waals surface area contributed by atoms with E-state index in [0.717, 1.165) is 96.1 Å². The first-order chi connectivity index (χ1) is 30.2. The second kappa shape index (κ2) is 18.3. The summed E-state index contributed by atoms with van der Waals surface area (Å²) >= 11 is 0. The number of phenols is 1. The SMILES string of the molecule is CC(C)(C)[Si](C)(C)O[C@@H](CNCCc1ccc2c(c1)oc(=O)n2CCCCc1ccc(-c2ccccc2)c(N(C(=O)O)C2CN3CCC2CC3)c1)c1ccc(O)c2[nH]c(=O)ccc12. The summed E-state index contributed by atoms with van der Waals surface area (Å²) in [6.45, 7) is 15.6. The maximum absolute atomic E-state index is 13.1. The van der Waals surface area contributed by atoms with Crippen molar-refractivity contribution in [2.75, 3.05) is 37.6 Å². The number of oxazole rings is 1. The van der Waals surface area contributed by atoms with Crippen LogP contribution in [0.4, 0.5) is 10.5 Å². The van der Waals surface area contributed by atoms with Gasteiger partial charge in [-0.15, -0.1) is 0 Å². The molecular formula is C50H61N5O7Si. The van der Waals surface area contributed by atoms with Crippen LogP contribution in [-0.2, 0) is 23.8 Å². The van der Waals surface area contributed by atoms with Crippen LogP contribution < -0.4 is 21.5 Å². The van der Waals surface area contributed by atoms with Crippen molar-refractivity contribution in [1.29, 1.82) is 0 Å². The molecule has 3 saturated heterocycles. The quantitative estimate of drug-likeness (QED) is 0.0551. The number of benzene rings is 4. The number of hydrogen-bond acceptors (Lipinski definition) is 8. The van der Waals surface area contributed by atoms with Crippen LogP contribution in [0.3, 0.4) is 0 Å². The van der Waals surface area contributed by atoms with E-state index in [4.69, 9.17) is 8.84 Å². The van der Waals surface area contributed by atoms with Gasteiger partial charge in [0.25, 0.3) is 0 Å². The highest BCUT2D eigenvalue weighted by Gasteiger charge is 2.41. The molecule has 3 fully saturated rings. The summed E-state index contributed by atoms with van der Waals surface area (Å²) in [5, 5.41) is 25.5. The summed E-state index contributed by atoms with van der Waals surface area (Å²) in [7, 11) is -2.22. The predicted octanol–water partition coefficient (Wildman–Crippen LogP) is 9.31. The lowest BCUT2D eigenvalue weighted by Gasteiger charge is -2.48. The van der Waals surface area contributed by atoms with E-state index in [-0.39, 0.29) is 34.2 Å². The number of H-pyrrole nitrogens is 1. The zero-order valence-electron chi connectivity index (χ0n) is 37.2. The van der Waals surface area contributed by atoms with E-state index in [1.54, 1.807) is 21.6 Å². The fourth-order valence-electron chi connectivity index (χ4n) is 9.27. The van der Waals surface area contributed by atoms with Gasteiger partial charge in [0.15, 0.2) is 13.9 Å². The van der Waals surface area contributed by atoms with Gasteiger partial charge in [-0.3, -0.25) is 14.3 Å². The molecule has 3 aliphatic heterocycles. The molecule has 4 N–H and O–H groups in total. The molecule has 3 aliphatic rings. The topological polar surface area (TPSA) is 153 Å². The molecule has 63 heavy (non-hydrogen) atoms. The third-order valence-electron chi connectivity index (χ3n) is 13.8. The van der Waals surface area contributed by atoms with Crippen LogP contribution in [0.5, 0.6) is 5.75 Å². The third kappa shape index (κ3) is 9.57. The number of piperidine rings is 3. The average molecular weight is 872 g/mol. The number of carboxylic acid groups (broad SMARTS) is 1. The highest BCUT2D eigenvalue weighted by molar-refractivity contribution is 6.74. The number of anilines is 1. The van der Waals surface area contributed by atoms with Gasteiger partial charge in [-0.05, 0) is 135 Å². The Bertz CT molecular complexity index is 2690. The summed E-state index contributed by atoms with van der Waals surface area (Å²) in [6.07, 6.45) is 3.84. The summed E-state index contributed by atoms with van der Waals surface area (Å²) in [6, 6.07) is 28.9. The van der Waals surface area contributed by atoms with Crippen molar-refractivity contribution >= 4 is 42.1 Å². The monoisotopic (exact) mass is 871 g/mol. The number of hydrogen-bond donors (Lipinski definition) is 4. The summed E-state index contributed by atoms with van der Waals surface area (Å²) in [5.41, 5.74) is 7.12. The van der Waals surface area contributed by atoms with Gasteiger partial charge in [-0.2, -0.15) is 0 Å². The third-order valence-corrected chi connectivity index (χ3v) is 18.3. The number of rotatable bonds is 16. The molecule has 0 spiro atoms. The Morgan fingerprint density at radius 3 is 2.41 bits per heavy atom. The number of unbranched alkanes of at least 4 members (excludes halogenated alkanes) is 1. The van der Waals surface area contributed by atoms with Crippen molar-refractivity contribution in [1.82, 2.24) is 19.8 Å². The van der Waals surface area contributed by atoms with Gasteiger partial charge >= 0.3 is 11.8 Å². The Balaban J connectivity index is 0.914. The number of nitrogens with one attached hydrogen (secondary N) is 2. The smallest absolute Gasteiger partial charge is 0.419 e. The number of pyridine rings is 1. The van der Waals surface area contributed by atoms with Crippen molar-refractivity contribution in [3.63, 3.8) is 0 Å². The van der Waals surface area contributed by atoms with E-state index in [1.807, 2.05) is 54.6 Å². The number of fused-ring (bicyclic) bond motifs is 5. The Morgan fingerprint density at radius 1 is 0.952 bits per heavy atom. The first-order valence-electron chi connectivity index (χ1n) is 22.5. The predicted molar refractivity (Wildman–Crippen MR) is 253 cm³/mol. The van der Waals surface area contributed by atoms with Crippen molar-refractivity contribution in [3.05, 3.63) is 129 Å². The number of nitrogens with zero attached hydrogens (tertiary/aromatic N) is 3.